The Morgan fingerprint density at radius 1 is 1.29 bits per heavy atom. The van der Waals surface area contributed by atoms with Gasteiger partial charge in [-0.2, -0.15) is 0 Å². The fourth-order valence-electron chi connectivity index (χ4n) is 2.45. The highest BCUT2D eigenvalue weighted by Gasteiger charge is 2.30. The van der Waals surface area contributed by atoms with Crippen molar-refractivity contribution in [1.29, 1.82) is 0 Å². The number of fused-ring (bicyclic) bond motifs is 1. The molecule has 0 saturated carbocycles. The monoisotopic (exact) mass is 227 g/mol. The number of aromatic nitrogens is 3. The molecule has 0 radical (unpaired) electrons. The third-order valence-electron chi connectivity index (χ3n) is 3.31. The molecule has 0 spiro atoms. The molecule has 0 saturated heterocycles. The summed E-state index contributed by atoms with van der Waals surface area (Å²) in [6, 6.07) is 4.02. The number of hydrogen-bond acceptors (Lipinski definition) is 4. The van der Waals surface area contributed by atoms with E-state index in [0.29, 0.717) is 0 Å². The first-order valence-electron chi connectivity index (χ1n) is 5.73. The van der Waals surface area contributed by atoms with E-state index in [1.54, 1.807) is 18.6 Å². The van der Waals surface area contributed by atoms with Crippen molar-refractivity contribution in [3.05, 3.63) is 53.9 Å². The molecule has 4 heteroatoms. The van der Waals surface area contributed by atoms with E-state index in [1.807, 2.05) is 6.07 Å². The Hall–Kier alpha value is -1.81. The van der Waals surface area contributed by atoms with Crippen molar-refractivity contribution in [2.24, 2.45) is 0 Å². The maximum atomic E-state index is 10.3. The van der Waals surface area contributed by atoms with Gasteiger partial charge < -0.3 is 5.11 Å². The van der Waals surface area contributed by atoms with Crippen molar-refractivity contribution in [3.8, 4) is 0 Å². The summed E-state index contributed by atoms with van der Waals surface area (Å²) in [6.45, 7) is 0. The number of pyridine rings is 1. The molecule has 0 amide bonds. The van der Waals surface area contributed by atoms with Crippen LogP contribution >= 0.6 is 0 Å². The van der Waals surface area contributed by atoms with Crippen LogP contribution in [0.1, 0.15) is 35.3 Å². The molecule has 0 fully saturated rings. The number of aliphatic hydroxyl groups excluding tert-OH is 1. The third kappa shape index (κ3) is 1.80. The summed E-state index contributed by atoms with van der Waals surface area (Å²) in [5.41, 5.74) is 3.02. The van der Waals surface area contributed by atoms with Gasteiger partial charge in [-0.25, -0.2) is 9.97 Å². The van der Waals surface area contributed by atoms with Gasteiger partial charge in [0, 0.05) is 35.8 Å². The van der Waals surface area contributed by atoms with E-state index in [-0.39, 0.29) is 5.92 Å². The summed E-state index contributed by atoms with van der Waals surface area (Å²) in [6.07, 6.45) is 7.94. The third-order valence-corrected chi connectivity index (χ3v) is 3.31. The molecule has 2 atom stereocenters. The lowest BCUT2D eigenvalue weighted by Crippen LogP contribution is -2.10. The summed E-state index contributed by atoms with van der Waals surface area (Å²) < 4.78 is 0. The zero-order valence-corrected chi connectivity index (χ0v) is 9.32. The summed E-state index contributed by atoms with van der Waals surface area (Å²) >= 11 is 0. The molecule has 86 valence electrons. The van der Waals surface area contributed by atoms with E-state index < -0.39 is 6.10 Å². The van der Waals surface area contributed by atoms with Crippen molar-refractivity contribution >= 4 is 0 Å². The summed E-state index contributed by atoms with van der Waals surface area (Å²) in [4.78, 5) is 12.3. The Morgan fingerprint density at radius 2 is 2.12 bits per heavy atom. The molecule has 2 aromatic heterocycles. The Bertz CT molecular complexity index is 515. The van der Waals surface area contributed by atoms with E-state index in [2.05, 4.69) is 21.0 Å². The van der Waals surface area contributed by atoms with Gasteiger partial charge in [0.15, 0.2) is 0 Å². The molecule has 0 bridgehead atoms. The normalized spacial score (nSPS) is 19.9. The van der Waals surface area contributed by atoms with Crippen LogP contribution in [-0.2, 0) is 6.42 Å². The van der Waals surface area contributed by atoms with Crippen LogP contribution in [0.15, 0.2) is 37.1 Å². The van der Waals surface area contributed by atoms with Gasteiger partial charge >= 0.3 is 0 Å². The second-order valence-corrected chi connectivity index (χ2v) is 4.31. The number of aryl methyl sites for hydroxylation is 1. The standard InChI is InChI=1S/C13H13N3O/c17-13(10-6-14-8-15-7-10)11-4-3-9-2-1-5-16-12(9)11/h1-2,5-8,11,13,17H,3-4H2. The minimum atomic E-state index is -0.563. The Morgan fingerprint density at radius 3 is 2.94 bits per heavy atom. The lowest BCUT2D eigenvalue weighted by Gasteiger charge is -2.17. The number of rotatable bonds is 2. The predicted molar refractivity (Wildman–Crippen MR) is 62.3 cm³/mol. The van der Waals surface area contributed by atoms with Crippen molar-refractivity contribution in [2.45, 2.75) is 24.9 Å². The summed E-state index contributed by atoms with van der Waals surface area (Å²) in [5, 5.41) is 10.3. The van der Waals surface area contributed by atoms with Crippen LogP contribution in [-0.4, -0.2) is 20.1 Å². The van der Waals surface area contributed by atoms with Gasteiger partial charge in [-0.1, -0.05) is 6.07 Å². The van der Waals surface area contributed by atoms with Crippen molar-refractivity contribution in [3.63, 3.8) is 0 Å². The van der Waals surface area contributed by atoms with Gasteiger partial charge in [-0.15, -0.1) is 0 Å². The zero-order valence-electron chi connectivity index (χ0n) is 9.32. The first-order chi connectivity index (χ1) is 8.36. The molecule has 1 N–H and O–H groups in total. The van der Waals surface area contributed by atoms with Gasteiger partial charge in [0.25, 0.3) is 0 Å². The van der Waals surface area contributed by atoms with Crippen LogP contribution in [0, 0.1) is 0 Å². The number of nitrogens with zero attached hydrogens (tertiary/aromatic N) is 3. The molecular formula is C13H13N3O. The molecule has 1 aliphatic carbocycles. The quantitative estimate of drug-likeness (QED) is 0.847. The van der Waals surface area contributed by atoms with Crippen LogP contribution in [0.5, 0.6) is 0 Å². The van der Waals surface area contributed by atoms with Crippen LogP contribution in [0.2, 0.25) is 0 Å². The fourth-order valence-corrected chi connectivity index (χ4v) is 2.45. The molecule has 3 rings (SSSR count). The average Bonchev–Trinajstić information content (AvgIpc) is 2.83. The highest BCUT2D eigenvalue weighted by molar-refractivity contribution is 5.31. The van der Waals surface area contributed by atoms with Crippen LogP contribution in [0.25, 0.3) is 0 Å². The van der Waals surface area contributed by atoms with Crippen LogP contribution < -0.4 is 0 Å². The molecule has 1 aliphatic rings. The predicted octanol–water partition coefficient (Wildman–Crippen LogP) is 1.64. The minimum absolute atomic E-state index is 0.0669. The first-order valence-corrected chi connectivity index (χ1v) is 5.73. The molecule has 0 aromatic carbocycles. The highest BCUT2D eigenvalue weighted by atomic mass is 16.3. The van der Waals surface area contributed by atoms with E-state index in [0.717, 1.165) is 24.1 Å². The molecule has 4 nitrogen and oxygen atoms in total. The maximum Gasteiger partial charge on any atom is 0.115 e. The maximum absolute atomic E-state index is 10.3. The van der Waals surface area contributed by atoms with Gasteiger partial charge in [-0.3, -0.25) is 4.98 Å². The van der Waals surface area contributed by atoms with Gasteiger partial charge in [0.2, 0.25) is 0 Å². The number of aliphatic hydroxyl groups is 1. The molecule has 2 unspecified atom stereocenters. The second-order valence-electron chi connectivity index (χ2n) is 4.31. The van der Waals surface area contributed by atoms with Crippen LogP contribution in [0.3, 0.4) is 0 Å². The van der Waals surface area contributed by atoms with E-state index in [4.69, 9.17) is 0 Å². The van der Waals surface area contributed by atoms with Crippen molar-refractivity contribution < 1.29 is 5.11 Å². The zero-order chi connectivity index (χ0) is 11.7. The average molecular weight is 227 g/mol. The minimum Gasteiger partial charge on any atom is -0.388 e. The molecule has 0 aliphatic heterocycles. The van der Waals surface area contributed by atoms with Gasteiger partial charge in [0.1, 0.15) is 6.33 Å². The molecular weight excluding hydrogens is 214 g/mol. The molecule has 2 heterocycles. The summed E-state index contributed by atoms with van der Waals surface area (Å²) in [7, 11) is 0. The fraction of sp³-hybridized carbons (Fsp3) is 0.308. The Balaban J connectivity index is 1.92. The molecule has 2 aromatic rings. The molecule has 17 heavy (non-hydrogen) atoms. The van der Waals surface area contributed by atoms with Crippen molar-refractivity contribution in [2.75, 3.05) is 0 Å². The highest BCUT2D eigenvalue weighted by Crippen LogP contribution is 2.39. The Labute approximate surface area is 99.4 Å². The van der Waals surface area contributed by atoms with E-state index in [1.165, 1.54) is 11.9 Å². The van der Waals surface area contributed by atoms with Gasteiger partial charge in [-0.05, 0) is 24.5 Å². The summed E-state index contributed by atoms with van der Waals surface area (Å²) in [5.74, 6) is 0.0669. The smallest absolute Gasteiger partial charge is 0.115 e. The van der Waals surface area contributed by atoms with Crippen molar-refractivity contribution in [1.82, 2.24) is 15.0 Å². The number of hydrogen-bond donors (Lipinski definition) is 1. The lowest BCUT2D eigenvalue weighted by atomic mass is 9.95. The SMILES string of the molecule is OC(c1cncnc1)C1CCc2cccnc21. The van der Waals surface area contributed by atoms with E-state index in [9.17, 15) is 5.11 Å². The second kappa shape index (κ2) is 4.22. The largest absolute Gasteiger partial charge is 0.388 e. The lowest BCUT2D eigenvalue weighted by molar-refractivity contribution is 0.142. The van der Waals surface area contributed by atoms with E-state index >= 15 is 0 Å². The van der Waals surface area contributed by atoms with Crippen LogP contribution in [0.4, 0.5) is 0 Å². The van der Waals surface area contributed by atoms with Gasteiger partial charge in [0.05, 0.1) is 6.10 Å². The first kappa shape index (κ1) is 10.4. The topological polar surface area (TPSA) is 58.9 Å². The Kier molecular flexibility index (Phi) is 2.57.